The van der Waals surface area contributed by atoms with Gasteiger partial charge >= 0.3 is 0 Å². The second-order valence-corrected chi connectivity index (χ2v) is 13.0. The molecular weight excluding hydrogens is 437 g/mol. The molecule has 4 unspecified atom stereocenters. The highest BCUT2D eigenvalue weighted by atomic mass is 127. The maximum absolute atomic E-state index is 6.03. The SMILES string of the molecule is CC(C)N1CCC2CC(C)(C(C)C)CCC(C)(I)CCCCC2C1=S. The van der Waals surface area contributed by atoms with Gasteiger partial charge in [-0.3, -0.25) is 0 Å². The fourth-order valence-electron chi connectivity index (χ4n) is 4.90. The fourth-order valence-corrected chi connectivity index (χ4v) is 6.17. The van der Waals surface area contributed by atoms with E-state index in [0.29, 0.717) is 20.8 Å². The highest BCUT2D eigenvalue weighted by Crippen LogP contribution is 2.47. The highest BCUT2D eigenvalue weighted by Gasteiger charge is 2.40. The van der Waals surface area contributed by atoms with Crippen LogP contribution in [0.25, 0.3) is 0 Å². The quantitative estimate of drug-likeness (QED) is 0.234. The van der Waals surface area contributed by atoms with Crippen LogP contribution in [0.5, 0.6) is 0 Å². The van der Waals surface area contributed by atoms with Gasteiger partial charge in [-0.1, -0.05) is 75.3 Å². The summed E-state index contributed by atoms with van der Waals surface area (Å²) in [5.74, 6) is 2.19. The molecule has 0 bridgehead atoms. The topological polar surface area (TPSA) is 3.24 Å². The van der Waals surface area contributed by atoms with Gasteiger partial charge in [0.2, 0.25) is 0 Å². The van der Waals surface area contributed by atoms with Crippen molar-refractivity contribution in [3.63, 3.8) is 0 Å². The molecule has 4 atom stereocenters. The molecule has 2 aliphatic rings. The normalized spacial score (nSPS) is 38.6. The number of hydrogen-bond acceptors (Lipinski definition) is 1. The minimum atomic E-state index is 0.454. The zero-order chi connectivity index (χ0) is 18.8. The second-order valence-electron chi connectivity index (χ2n) is 9.95. The van der Waals surface area contributed by atoms with Crippen molar-refractivity contribution in [3.05, 3.63) is 0 Å². The first-order valence-electron chi connectivity index (χ1n) is 10.6. The van der Waals surface area contributed by atoms with Gasteiger partial charge in [0.25, 0.3) is 0 Å². The third-order valence-corrected chi connectivity index (χ3v) is 8.95. The van der Waals surface area contributed by atoms with Gasteiger partial charge in [-0.05, 0) is 69.6 Å². The van der Waals surface area contributed by atoms with Crippen LogP contribution in [-0.4, -0.2) is 25.9 Å². The minimum absolute atomic E-state index is 0.454. The lowest BCUT2D eigenvalue weighted by Crippen LogP contribution is -2.48. The Morgan fingerprint density at radius 1 is 1.04 bits per heavy atom. The maximum Gasteiger partial charge on any atom is 0.0815 e. The molecule has 0 radical (unpaired) electrons. The number of fused-ring (bicyclic) bond motifs is 1. The summed E-state index contributed by atoms with van der Waals surface area (Å²) in [6.07, 6.45) is 10.8. The number of hydrogen-bond donors (Lipinski definition) is 0. The molecule has 0 N–H and O–H groups in total. The first-order chi connectivity index (χ1) is 11.6. The van der Waals surface area contributed by atoms with Crippen LogP contribution in [0, 0.1) is 23.2 Å². The van der Waals surface area contributed by atoms with E-state index in [4.69, 9.17) is 12.2 Å². The molecule has 1 heterocycles. The lowest BCUT2D eigenvalue weighted by Gasteiger charge is -2.46. The van der Waals surface area contributed by atoms with Gasteiger partial charge in [0.15, 0.2) is 0 Å². The smallest absolute Gasteiger partial charge is 0.0815 e. The first-order valence-corrected chi connectivity index (χ1v) is 12.0. The molecule has 0 spiro atoms. The summed E-state index contributed by atoms with van der Waals surface area (Å²) in [4.78, 5) is 3.81. The molecule has 3 heteroatoms. The van der Waals surface area contributed by atoms with Crippen molar-refractivity contribution in [2.45, 2.75) is 102 Å². The van der Waals surface area contributed by atoms with Crippen molar-refractivity contribution in [1.82, 2.24) is 4.90 Å². The van der Waals surface area contributed by atoms with Crippen LogP contribution >= 0.6 is 34.8 Å². The summed E-state index contributed by atoms with van der Waals surface area (Å²) in [5.41, 5.74) is 0.454. The predicted molar refractivity (Wildman–Crippen MR) is 124 cm³/mol. The van der Waals surface area contributed by atoms with E-state index in [9.17, 15) is 0 Å². The van der Waals surface area contributed by atoms with Crippen LogP contribution in [0.2, 0.25) is 0 Å². The van der Waals surface area contributed by atoms with Gasteiger partial charge in [0, 0.05) is 21.9 Å². The molecular formula is C22H40INS. The number of piperidine rings is 1. The Morgan fingerprint density at radius 2 is 1.72 bits per heavy atom. The lowest BCUT2D eigenvalue weighted by molar-refractivity contribution is 0.104. The van der Waals surface area contributed by atoms with Gasteiger partial charge in [-0.15, -0.1) is 0 Å². The number of halogens is 1. The van der Waals surface area contributed by atoms with E-state index in [0.717, 1.165) is 11.8 Å². The number of alkyl halides is 1. The Hall–Kier alpha value is 0.620. The summed E-state index contributed by atoms with van der Waals surface area (Å²) in [5, 5.41) is 0. The van der Waals surface area contributed by atoms with Crippen LogP contribution in [0.1, 0.15) is 92.9 Å². The van der Waals surface area contributed by atoms with Crippen molar-refractivity contribution in [1.29, 1.82) is 0 Å². The lowest BCUT2D eigenvalue weighted by atomic mass is 9.65. The van der Waals surface area contributed by atoms with Crippen molar-refractivity contribution in [3.8, 4) is 0 Å². The van der Waals surface area contributed by atoms with Crippen LogP contribution in [0.4, 0.5) is 0 Å². The number of likely N-dealkylation sites (tertiary alicyclic amines) is 1. The molecule has 1 aliphatic heterocycles. The van der Waals surface area contributed by atoms with Crippen LogP contribution in [-0.2, 0) is 0 Å². The van der Waals surface area contributed by atoms with Crippen LogP contribution in [0.3, 0.4) is 0 Å². The Balaban J connectivity index is 2.25. The van der Waals surface area contributed by atoms with E-state index in [2.05, 4.69) is 69.0 Å². The van der Waals surface area contributed by atoms with Gasteiger partial charge in [-0.2, -0.15) is 0 Å². The molecule has 146 valence electrons. The van der Waals surface area contributed by atoms with Crippen molar-refractivity contribution in [2.75, 3.05) is 6.54 Å². The third kappa shape index (κ3) is 5.56. The second kappa shape index (κ2) is 8.75. The molecule has 1 nitrogen and oxygen atoms in total. The Kier molecular flexibility index (Phi) is 7.67. The molecule has 2 rings (SSSR count). The van der Waals surface area contributed by atoms with E-state index < -0.39 is 0 Å². The van der Waals surface area contributed by atoms with E-state index in [1.54, 1.807) is 0 Å². The Labute approximate surface area is 176 Å². The van der Waals surface area contributed by atoms with Crippen LogP contribution < -0.4 is 0 Å². The maximum atomic E-state index is 6.03. The Morgan fingerprint density at radius 3 is 2.32 bits per heavy atom. The van der Waals surface area contributed by atoms with Crippen molar-refractivity contribution in [2.24, 2.45) is 23.2 Å². The average molecular weight is 478 g/mol. The summed E-state index contributed by atoms with van der Waals surface area (Å²) in [7, 11) is 0. The Bertz CT molecular complexity index is 459. The van der Waals surface area contributed by atoms with Gasteiger partial charge in [-0.25, -0.2) is 0 Å². The van der Waals surface area contributed by atoms with E-state index >= 15 is 0 Å². The fraction of sp³-hybridized carbons (Fsp3) is 0.955. The predicted octanol–water partition coefficient (Wildman–Crippen LogP) is 7.26. The largest absolute Gasteiger partial charge is 0.363 e. The minimum Gasteiger partial charge on any atom is -0.363 e. The molecule has 1 saturated heterocycles. The number of nitrogens with zero attached hydrogens (tertiary/aromatic N) is 1. The summed E-state index contributed by atoms with van der Waals surface area (Å²) in [6, 6.07) is 0.556. The standard InChI is InChI=1S/C22H40INS/c1-16(2)21(5)12-13-22(6,23)11-8-7-9-19-18(15-21)10-14-24(17(3)4)20(19)25/h16-19H,7-15H2,1-6H3. The van der Waals surface area contributed by atoms with Gasteiger partial charge < -0.3 is 4.90 Å². The third-order valence-electron chi connectivity index (χ3n) is 7.34. The zero-order valence-corrected chi connectivity index (χ0v) is 20.4. The van der Waals surface area contributed by atoms with Crippen molar-refractivity contribution >= 4 is 39.8 Å². The monoisotopic (exact) mass is 477 g/mol. The number of rotatable bonds is 2. The zero-order valence-electron chi connectivity index (χ0n) is 17.4. The average Bonchev–Trinajstić information content (AvgIpc) is 2.53. The summed E-state index contributed by atoms with van der Waals surface area (Å²) < 4.78 is 0.466. The van der Waals surface area contributed by atoms with Gasteiger partial charge in [0.05, 0.1) is 4.99 Å². The van der Waals surface area contributed by atoms with Crippen LogP contribution in [0.15, 0.2) is 0 Å². The van der Waals surface area contributed by atoms with E-state index in [1.807, 2.05) is 0 Å². The molecule has 2 fully saturated rings. The molecule has 0 aromatic rings. The van der Waals surface area contributed by atoms with Gasteiger partial charge in [0.1, 0.15) is 0 Å². The molecule has 1 aliphatic carbocycles. The van der Waals surface area contributed by atoms with E-state index in [-0.39, 0.29) is 0 Å². The number of thiocarbonyl (C=S) groups is 1. The van der Waals surface area contributed by atoms with E-state index in [1.165, 1.54) is 62.9 Å². The summed E-state index contributed by atoms with van der Waals surface area (Å²) in [6.45, 7) is 15.7. The summed E-state index contributed by atoms with van der Waals surface area (Å²) >= 11 is 8.77. The first kappa shape index (κ1) is 21.9. The molecule has 25 heavy (non-hydrogen) atoms. The molecule has 0 aromatic carbocycles. The highest BCUT2D eigenvalue weighted by molar-refractivity contribution is 14.1. The molecule has 1 saturated carbocycles. The van der Waals surface area contributed by atoms with Crippen molar-refractivity contribution < 1.29 is 0 Å². The molecule has 0 amide bonds. The molecule has 0 aromatic heterocycles.